The van der Waals surface area contributed by atoms with Gasteiger partial charge in [-0.2, -0.15) is 0 Å². The lowest BCUT2D eigenvalue weighted by atomic mass is 9.86. The van der Waals surface area contributed by atoms with Crippen molar-refractivity contribution in [1.29, 1.82) is 0 Å². The van der Waals surface area contributed by atoms with Crippen molar-refractivity contribution in [1.82, 2.24) is 9.55 Å². The monoisotopic (exact) mass is 276 g/mol. The van der Waals surface area contributed by atoms with E-state index < -0.39 is 57.1 Å². The van der Waals surface area contributed by atoms with E-state index in [1.165, 1.54) is 0 Å². The molecule has 1 aliphatic heterocycles. The van der Waals surface area contributed by atoms with Gasteiger partial charge in [-0.3, -0.25) is 0 Å². The zero-order valence-electron chi connectivity index (χ0n) is 23.4. The third-order valence-electron chi connectivity index (χ3n) is 3.58. The number of nitrogens with zero attached hydrogens (tertiary/aromatic N) is 2. The summed E-state index contributed by atoms with van der Waals surface area (Å²) in [5.74, 6) is -0.962. The van der Waals surface area contributed by atoms with E-state index in [2.05, 4.69) is 4.98 Å². The molecular formula is C14H25BN2O2. The van der Waals surface area contributed by atoms with Crippen LogP contribution in [0.4, 0.5) is 0 Å². The third kappa shape index (κ3) is 2.46. The molecule has 1 atom stereocenters. The highest BCUT2D eigenvalue weighted by atomic mass is 16.7. The van der Waals surface area contributed by atoms with Crippen LogP contribution in [0.15, 0.2) is 6.20 Å². The highest BCUT2D eigenvalue weighted by Gasteiger charge is 2.52. The van der Waals surface area contributed by atoms with Crippen LogP contribution in [0.3, 0.4) is 0 Å². The minimum atomic E-state index is -3.68. The fourth-order valence-corrected chi connectivity index (χ4v) is 1.71. The van der Waals surface area contributed by atoms with Crippen LogP contribution in [0.2, 0.25) is 0 Å². The van der Waals surface area contributed by atoms with Crippen LogP contribution < -0.4 is 5.59 Å². The summed E-state index contributed by atoms with van der Waals surface area (Å²) in [4.78, 5) is 3.90. The molecule has 0 bridgehead atoms. The summed E-state index contributed by atoms with van der Waals surface area (Å²) in [6.45, 7) is -3.36. The fourth-order valence-electron chi connectivity index (χ4n) is 1.71. The number of aromatic nitrogens is 2. The Kier molecular flexibility index (Phi) is 1.35. The molecule has 0 aromatic carbocycles. The highest BCUT2D eigenvalue weighted by molar-refractivity contribution is 6.61. The largest absolute Gasteiger partial charge is 0.516 e. The van der Waals surface area contributed by atoms with Gasteiger partial charge in [-0.25, -0.2) is 4.98 Å². The predicted molar refractivity (Wildman–Crippen MR) is 77.7 cm³/mol. The van der Waals surface area contributed by atoms with Crippen LogP contribution in [0, 0.1) is 6.85 Å². The summed E-state index contributed by atoms with van der Waals surface area (Å²) >= 11 is 0. The minimum absolute atomic E-state index is 0.216. The standard InChI is InChI=1S/C14H25BN2O2/c1-8-10(2)17-9-12(16-11(17)3)15-18-13(4,5)14(6,7)19-15/h9-10H,8H2,1-7H3/i1D3,2D3,3D3,8D2,10D. The molecule has 1 unspecified atom stereocenters. The molecule has 1 aromatic rings. The molecule has 0 N–H and O–H groups in total. The number of imidazole rings is 1. The molecular weight excluding hydrogens is 239 g/mol. The van der Waals surface area contributed by atoms with Gasteiger partial charge in [0.1, 0.15) is 5.82 Å². The van der Waals surface area contributed by atoms with E-state index in [1.807, 2.05) is 0 Å². The van der Waals surface area contributed by atoms with Crippen molar-refractivity contribution in [3.8, 4) is 0 Å². The van der Waals surface area contributed by atoms with Crippen molar-refractivity contribution in [2.45, 2.75) is 71.8 Å². The minimum Gasteiger partial charge on any atom is -0.398 e. The van der Waals surface area contributed by atoms with Crippen molar-refractivity contribution in [2.24, 2.45) is 0 Å². The molecule has 5 heteroatoms. The van der Waals surface area contributed by atoms with Crippen molar-refractivity contribution >= 4 is 12.7 Å². The van der Waals surface area contributed by atoms with Crippen LogP contribution in [0.5, 0.6) is 0 Å². The van der Waals surface area contributed by atoms with Gasteiger partial charge in [-0.15, -0.1) is 0 Å². The molecule has 4 nitrogen and oxygen atoms in total. The lowest BCUT2D eigenvalue weighted by molar-refractivity contribution is 0.00578. The first-order valence-corrected chi connectivity index (χ1v) is 5.86. The highest BCUT2D eigenvalue weighted by Crippen LogP contribution is 2.36. The second-order valence-corrected chi connectivity index (χ2v) is 5.42. The topological polar surface area (TPSA) is 36.3 Å². The number of rotatable bonds is 3. The molecule has 2 rings (SSSR count). The van der Waals surface area contributed by atoms with Crippen LogP contribution in [0.25, 0.3) is 0 Å². The molecule has 0 radical (unpaired) electrons. The van der Waals surface area contributed by atoms with E-state index in [4.69, 9.17) is 25.8 Å². The van der Waals surface area contributed by atoms with E-state index in [0.717, 1.165) is 6.20 Å². The van der Waals surface area contributed by atoms with Crippen molar-refractivity contribution in [3.63, 3.8) is 0 Å². The lowest BCUT2D eigenvalue weighted by Crippen LogP contribution is -2.41. The van der Waals surface area contributed by atoms with Crippen molar-refractivity contribution in [3.05, 3.63) is 12.0 Å². The smallest absolute Gasteiger partial charge is 0.398 e. The average molecular weight is 276 g/mol. The van der Waals surface area contributed by atoms with Gasteiger partial charge in [0.05, 0.1) is 18.2 Å². The summed E-state index contributed by atoms with van der Waals surface area (Å²) in [6.07, 6.45) is -2.87. The zero-order chi connectivity index (χ0) is 24.6. The number of aryl methyl sites for hydroxylation is 1. The van der Waals surface area contributed by atoms with Crippen LogP contribution in [0.1, 0.15) is 76.1 Å². The number of hydrogen-bond donors (Lipinski definition) is 0. The quantitative estimate of drug-likeness (QED) is 0.796. The Morgan fingerprint density at radius 2 is 2.16 bits per heavy atom. The Bertz CT molecular complexity index is 826. The maximum absolute atomic E-state index is 8.53. The van der Waals surface area contributed by atoms with Gasteiger partial charge in [-0.1, -0.05) is 6.85 Å². The molecule has 0 saturated carbocycles. The van der Waals surface area contributed by atoms with Gasteiger partial charge < -0.3 is 13.9 Å². The zero-order valence-corrected chi connectivity index (χ0v) is 11.4. The van der Waals surface area contributed by atoms with Crippen LogP contribution in [-0.4, -0.2) is 27.9 Å². The van der Waals surface area contributed by atoms with Gasteiger partial charge in [0, 0.05) is 27.3 Å². The molecule has 0 spiro atoms. The molecule has 0 amide bonds. The Labute approximate surface area is 133 Å². The van der Waals surface area contributed by atoms with Crippen molar-refractivity contribution in [2.75, 3.05) is 0 Å². The molecule has 1 saturated heterocycles. The molecule has 1 fully saturated rings. The first-order valence-electron chi connectivity index (χ1n) is 11.9. The van der Waals surface area contributed by atoms with Gasteiger partial charge in [-0.05, 0) is 47.8 Å². The van der Waals surface area contributed by atoms with Gasteiger partial charge >= 0.3 is 7.12 Å². The van der Waals surface area contributed by atoms with E-state index in [-0.39, 0.29) is 10.2 Å². The lowest BCUT2D eigenvalue weighted by Gasteiger charge is -2.32. The molecule has 19 heavy (non-hydrogen) atoms. The summed E-state index contributed by atoms with van der Waals surface area (Å²) in [6, 6.07) is -3.55. The second kappa shape index (κ2) is 4.63. The summed E-state index contributed by atoms with van der Waals surface area (Å²) in [5.41, 5.74) is -1.92. The molecule has 0 aliphatic carbocycles. The van der Waals surface area contributed by atoms with Gasteiger partial charge in [0.25, 0.3) is 0 Å². The first-order chi connectivity index (χ1) is 13.4. The van der Waals surface area contributed by atoms with Crippen molar-refractivity contribution < 1.29 is 25.8 Å². The fraction of sp³-hybridized carbons (Fsp3) is 0.786. The van der Waals surface area contributed by atoms with Gasteiger partial charge in [0.2, 0.25) is 0 Å². The first kappa shape index (κ1) is 5.53. The van der Waals surface area contributed by atoms with Crippen LogP contribution >= 0.6 is 0 Å². The van der Waals surface area contributed by atoms with E-state index in [0.29, 0.717) is 0 Å². The Morgan fingerprint density at radius 3 is 2.68 bits per heavy atom. The SMILES string of the molecule is [2H]C([2H])([2H])c1nc(B2OC(C)(C)C(C)(C)O2)cn1C([2H])(C([2H])([2H])[2H])C([2H])([2H])C([2H])([2H])[2H]. The number of hydrogen-bond acceptors (Lipinski definition) is 3. The third-order valence-corrected chi connectivity index (χ3v) is 3.58. The van der Waals surface area contributed by atoms with Gasteiger partial charge in [0.15, 0.2) is 0 Å². The van der Waals surface area contributed by atoms with E-state index in [1.54, 1.807) is 27.7 Å². The Morgan fingerprint density at radius 1 is 1.47 bits per heavy atom. The average Bonchev–Trinajstić information content (AvgIpc) is 3.03. The Balaban J connectivity index is 2.80. The predicted octanol–water partition coefficient (Wildman–Crippen LogP) is 2.46. The molecule has 2 heterocycles. The normalized spacial score (nSPS) is 36.5. The maximum atomic E-state index is 8.53. The maximum Gasteiger partial charge on any atom is 0.516 e. The summed E-state index contributed by atoms with van der Waals surface area (Å²) in [7, 11) is -1.24. The Hall–Kier alpha value is -0.805. The summed E-state index contributed by atoms with van der Waals surface area (Å²) < 4.78 is 105. The molecule has 1 aliphatic rings. The second-order valence-electron chi connectivity index (χ2n) is 5.42. The molecule has 106 valence electrons. The van der Waals surface area contributed by atoms with E-state index in [9.17, 15) is 0 Å². The van der Waals surface area contributed by atoms with Crippen LogP contribution in [-0.2, 0) is 9.31 Å². The molecule has 1 aromatic heterocycles. The summed E-state index contributed by atoms with van der Waals surface area (Å²) in [5, 5.41) is 0. The van der Waals surface area contributed by atoms with E-state index >= 15 is 0 Å².